The Morgan fingerprint density at radius 1 is 1.50 bits per heavy atom. The Labute approximate surface area is 116 Å². The molecule has 6 heteroatoms. The Kier molecular flexibility index (Phi) is 7.88. The van der Waals surface area contributed by atoms with E-state index in [1.54, 1.807) is 0 Å². The topological polar surface area (TPSA) is 61.4 Å². The standard InChI is InChI=1S/C12H20N2O2S2/c1-17-6-3-2-5-13-12(16)14-8-11(15)10-4-7-18-9-10/h4,7,9,11,15H,2-3,5-6,8H2,1H3,(H2,13,14,16). The first-order chi connectivity index (χ1) is 8.74. The van der Waals surface area contributed by atoms with Gasteiger partial charge in [0.1, 0.15) is 0 Å². The minimum absolute atomic E-state index is 0.214. The third kappa shape index (κ3) is 6.28. The first-order valence-electron chi connectivity index (χ1n) is 5.95. The van der Waals surface area contributed by atoms with Gasteiger partial charge in [0.15, 0.2) is 0 Å². The first kappa shape index (κ1) is 15.3. The van der Waals surface area contributed by atoms with Crippen LogP contribution in [0.5, 0.6) is 0 Å². The molecule has 1 rings (SSSR count). The zero-order valence-electron chi connectivity index (χ0n) is 10.5. The molecule has 18 heavy (non-hydrogen) atoms. The number of hydrogen-bond acceptors (Lipinski definition) is 4. The van der Waals surface area contributed by atoms with Crippen molar-refractivity contribution >= 4 is 29.1 Å². The second-order valence-electron chi connectivity index (χ2n) is 3.91. The van der Waals surface area contributed by atoms with Gasteiger partial charge in [-0.3, -0.25) is 0 Å². The molecule has 1 aromatic rings. The van der Waals surface area contributed by atoms with Crippen LogP contribution in [0.15, 0.2) is 16.8 Å². The van der Waals surface area contributed by atoms with E-state index in [0.29, 0.717) is 6.54 Å². The predicted octanol–water partition coefficient (Wildman–Crippen LogP) is 2.22. The zero-order chi connectivity index (χ0) is 13.2. The highest BCUT2D eigenvalue weighted by atomic mass is 32.2. The minimum Gasteiger partial charge on any atom is -0.387 e. The van der Waals surface area contributed by atoms with Crippen molar-refractivity contribution in [2.24, 2.45) is 0 Å². The van der Waals surface area contributed by atoms with Crippen molar-refractivity contribution in [2.75, 3.05) is 25.1 Å². The number of aliphatic hydroxyl groups excluding tert-OH is 1. The molecule has 102 valence electrons. The summed E-state index contributed by atoms with van der Waals surface area (Å²) in [4.78, 5) is 11.4. The number of urea groups is 1. The Bertz CT molecular complexity index is 331. The summed E-state index contributed by atoms with van der Waals surface area (Å²) in [7, 11) is 0. The molecule has 0 saturated heterocycles. The number of unbranched alkanes of at least 4 members (excludes halogenated alkanes) is 1. The number of thioether (sulfide) groups is 1. The Hall–Kier alpha value is -0.720. The van der Waals surface area contributed by atoms with E-state index in [0.717, 1.165) is 24.2 Å². The van der Waals surface area contributed by atoms with E-state index < -0.39 is 6.10 Å². The fraction of sp³-hybridized carbons (Fsp3) is 0.583. The van der Waals surface area contributed by atoms with Gasteiger partial charge < -0.3 is 15.7 Å². The number of carbonyl (C=O) groups excluding carboxylic acids is 1. The molecule has 1 aromatic heterocycles. The highest BCUT2D eigenvalue weighted by Crippen LogP contribution is 2.14. The van der Waals surface area contributed by atoms with Gasteiger partial charge in [0.2, 0.25) is 0 Å². The van der Waals surface area contributed by atoms with Gasteiger partial charge in [-0.25, -0.2) is 4.79 Å². The molecule has 0 aliphatic heterocycles. The van der Waals surface area contributed by atoms with E-state index in [2.05, 4.69) is 16.9 Å². The minimum atomic E-state index is -0.626. The molecule has 0 aromatic carbocycles. The SMILES string of the molecule is CSCCCCNC(=O)NCC(O)c1ccsc1. The van der Waals surface area contributed by atoms with Gasteiger partial charge in [0.05, 0.1) is 6.10 Å². The predicted molar refractivity (Wildman–Crippen MR) is 78.3 cm³/mol. The van der Waals surface area contributed by atoms with Crippen molar-refractivity contribution in [3.63, 3.8) is 0 Å². The van der Waals surface area contributed by atoms with Crippen LogP contribution < -0.4 is 10.6 Å². The molecule has 0 aliphatic carbocycles. The summed E-state index contributed by atoms with van der Waals surface area (Å²) in [6.07, 6.45) is 3.55. The fourth-order valence-electron chi connectivity index (χ4n) is 1.41. The molecular formula is C12H20N2O2S2. The first-order valence-corrected chi connectivity index (χ1v) is 8.28. The second kappa shape index (κ2) is 9.24. The van der Waals surface area contributed by atoms with Crippen molar-refractivity contribution < 1.29 is 9.90 Å². The van der Waals surface area contributed by atoms with Gasteiger partial charge in [-0.05, 0) is 47.2 Å². The van der Waals surface area contributed by atoms with E-state index in [-0.39, 0.29) is 12.6 Å². The molecule has 4 nitrogen and oxygen atoms in total. The van der Waals surface area contributed by atoms with E-state index >= 15 is 0 Å². The van der Waals surface area contributed by atoms with Crippen LogP contribution in [0.25, 0.3) is 0 Å². The summed E-state index contributed by atoms with van der Waals surface area (Å²) in [5, 5.41) is 19.0. The molecule has 0 bridgehead atoms. The maximum atomic E-state index is 11.4. The number of hydrogen-bond donors (Lipinski definition) is 3. The lowest BCUT2D eigenvalue weighted by atomic mass is 10.2. The number of thiophene rings is 1. The summed E-state index contributed by atoms with van der Waals surface area (Å²) in [5.41, 5.74) is 0.847. The number of rotatable bonds is 8. The molecule has 1 heterocycles. The van der Waals surface area contributed by atoms with Crippen LogP contribution in [0, 0.1) is 0 Å². The maximum Gasteiger partial charge on any atom is 0.314 e. The van der Waals surface area contributed by atoms with Crippen molar-refractivity contribution in [1.82, 2.24) is 10.6 Å². The molecule has 1 atom stereocenters. The van der Waals surface area contributed by atoms with Gasteiger partial charge in [0, 0.05) is 13.1 Å². The lowest BCUT2D eigenvalue weighted by Crippen LogP contribution is -2.38. The lowest BCUT2D eigenvalue weighted by Gasteiger charge is -2.11. The fourth-order valence-corrected chi connectivity index (χ4v) is 2.61. The largest absolute Gasteiger partial charge is 0.387 e. The van der Waals surface area contributed by atoms with Crippen molar-refractivity contribution in [2.45, 2.75) is 18.9 Å². The van der Waals surface area contributed by atoms with Crippen LogP contribution >= 0.6 is 23.1 Å². The molecule has 3 N–H and O–H groups in total. The summed E-state index contributed by atoms with van der Waals surface area (Å²) in [6.45, 7) is 0.925. The van der Waals surface area contributed by atoms with Crippen LogP contribution in [-0.2, 0) is 0 Å². The van der Waals surface area contributed by atoms with Crippen molar-refractivity contribution in [3.05, 3.63) is 22.4 Å². The highest BCUT2D eigenvalue weighted by molar-refractivity contribution is 7.98. The molecule has 0 saturated carbocycles. The summed E-state index contributed by atoms with van der Waals surface area (Å²) >= 11 is 3.35. The van der Waals surface area contributed by atoms with Gasteiger partial charge in [-0.15, -0.1) is 0 Å². The van der Waals surface area contributed by atoms with E-state index in [9.17, 15) is 9.90 Å². The molecule has 0 aliphatic rings. The average molecular weight is 288 g/mol. The third-order valence-corrected chi connectivity index (χ3v) is 3.84. The second-order valence-corrected chi connectivity index (χ2v) is 5.67. The molecule has 0 fully saturated rings. The van der Waals surface area contributed by atoms with E-state index in [1.165, 1.54) is 11.3 Å². The van der Waals surface area contributed by atoms with Gasteiger partial charge in [-0.2, -0.15) is 23.1 Å². The monoisotopic (exact) mass is 288 g/mol. The van der Waals surface area contributed by atoms with Crippen LogP contribution in [0.2, 0.25) is 0 Å². The van der Waals surface area contributed by atoms with Crippen LogP contribution in [0.1, 0.15) is 24.5 Å². The smallest absolute Gasteiger partial charge is 0.314 e. The van der Waals surface area contributed by atoms with Crippen molar-refractivity contribution in [3.8, 4) is 0 Å². The quantitative estimate of drug-likeness (QED) is 0.643. The summed E-state index contributed by atoms with van der Waals surface area (Å²) in [6, 6.07) is 1.64. The zero-order valence-corrected chi connectivity index (χ0v) is 12.1. The molecule has 0 spiro atoms. The summed E-state index contributed by atoms with van der Waals surface area (Å²) < 4.78 is 0. The highest BCUT2D eigenvalue weighted by Gasteiger charge is 2.09. The van der Waals surface area contributed by atoms with Crippen LogP contribution in [-0.4, -0.2) is 36.2 Å². The maximum absolute atomic E-state index is 11.4. The number of amides is 2. The van der Waals surface area contributed by atoms with Crippen LogP contribution in [0.3, 0.4) is 0 Å². The van der Waals surface area contributed by atoms with Gasteiger partial charge >= 0.3 is 6.03 Å². The third-order valence-electron chi connectivity index (χ3n) is 2.44. The van der Waals surface area contributed by atoms with E-state index in [4.69, 9.17) is 0 Å². The lowest BCUT2D eigenvalue weighted by molar-refractivity contribution is 0.173. The Morgan fingerprint density at radius 3 is 3.00 bits per heavy atom. The number of carbonyl (C=O) groups is 1. The van der Waals surface area contributed by atoms with Crippen molar-refractivity contribution in [1.29, 1.82) is 0 Å². The van der Waals surface area contributed by atoms with Crippen LogP contribution in [0.4, 0.5) is 4.79 Å². The molecule has 0 radical (unpaired) electrons. The number of aliphatic hydroxyl groups is 1. The summed E-state index contributed by atoms with van der Waals surface area (Å²) in [5.74, 6) is 1.13. The van der Waals surface area contributed by atoms with E-state index in [1.807, 2.05) is 28.6 Å². The Morgan fingerprint density at radius 2 is 2.33 bits per heavy atom. The van der Waals surface area contributed by atoms with Gasteiger partial charge in [0.25, 0.3) is 0 Å². The van der Waals surface area contributed by atoms with Gasteiger partial charge in [-0.1, -0.05) is 0 Å². The number of nitrogens with one attached hydrogen (secondary N) is 2. The normalized spacial score (nSPS) is 12.1. The molecule has 2 amide bonds. The molecular weight excluding hydrogens is 268 g/mol. The Balaban J connectivity index is 2.06. The average Bonchev–Trinajstić information content (AvgIpc) is 2.89. The molecule has 1 unspecified atom stereocenters.